The summed E-state index contributed by atoms with van der Waals surface area (Å²) in [6.45, 7) is 4.81. The quantitative estimate of drug-likeness (QED) is 0.528. The summed E-state index contributed by atoms with van der Waals surface area (Å²) < 4.78 is 5.71. The van der Waals surface area contributed by atoms with E-state index in [4.69, 9.17) is 4.74 Å². The number of hydrogen-bond acceptors (Lipinski definition) is 6. The van der Waals surface area contributed by atoms with Gasteiger partial charge in [0.25, 0.3) is 0 Å². The zero-order valence-corrected chi connectivity index (χ0v) is 16.5. The molecule has 2 heterocycles. The van der Waals surface area contributed by atoms with Crippen molar-refractivity contribution in [1.82, 2.24) is 15.3 Å². The molecule has 3 rings (SSSR count). The van der Waals surface area contributed by atoms with E-state index in [1.54, 1.807) is 11.8 Å². The van der Waals surface area contributed by atoms with Crippen molar-refractivity contribution >= 4 is 23.5 Å². The van der Waals surface area contributed by atoms with Crippen LogP contribution >= 0.6 is 11.8 Å². The number of carbonyl (C=O) groups excluding carboxylic acids is 1. The molecule has 0 bridgehead atoms. The lowest BCUT2D eigenvalue weighted by Crippen LogP contribution is -2.28. The molecular formula is C20H26N4O2S. The molecule has 1 fully saturated rings. The Balaban J connectivity index is 1.35. The summed E-state index contributed by atoms with van der Waals surface area (Å²) in [5, 5.41) is 2.89. The van der Waals surface area contributed by atoms with Gasteiger partial charge in [-0.05, 0) is 31.9 Å². The number of rotatable bonds is 9. The van der Waals surface area contributed by atoms with Crippen molar-refractivity contribution in [3.63, 3.8) is 0 Å². The minimum atomic E-state index is 0.0404. The van der Waals surface area contributed by atoms with E-state index in [2.05, 4.69) is 32.3 Å². The molecule has 0 spiro atoms. The Morgan fingerprint density at radius 3 is 2.78 bits per heavy atom. The number of hydrogen-bond donors (Lipinski definition) is 1. The molecule has 0 saturated carbocycles. The van der Waals surface area contributed by atoms with Gasteiger partial charge in [-0.1, -0.05) is 18.2 Å². The lowest BCUT2D eigenvalue weighted by molar-refractivity contribution is -0.120. The second kappa shape index (κ2) is 10.2. The van der Waals surface area contributed by atoms with Gasteiger partial charge in [0.05, 0.1) is 6.54 Å². The molecule has 7 heteroatoms. The Hall–Kier alpha value is -2.28. The van der Waals surface area contributed by atoms with Crippen molar-refractivity contribution < 1.29 is 9.53 Å². The number of aromatic nitrogens is 2. The highest BCUT2D eigenvalue weighted by Crippen LogP contribution is 2.21. The smallest absolute Gasteiger partial charge is 0.220 e. The molecular weight excluding hydrogens is 360 g/mol. The summed E-state index contributed by atoms with van der Waals surface area (Å²) in [5.74, 6) is 3.01. The van der Waals surface area contributed by atoms with E-state index in [-0.39, 0.29) is 5.91 Å². The number of nitrogens with zero attached hydrogens (tertiary/aromatic N) is 3. The number of carbonyl (C=O) groups is 1. The first kappa shape index (κ1) is 19.5. The van der Waals surface area contributed by atoms with Gasteiger partial charge in [0, 0.05) is 36.2 Å². The van der Waals surface area contributed by atoms with Gasteiger partial charge in [0.15, 0.2) is 0 Å². The second-order valence-corrected chi connectivity index (χ2v) is 7.58. The van der Waals surface area contributed by atoms with Crippen LogP contribution in [0.4, 0.5) is 5.82 Å². The fourth-order valence-corrected chi connectivity index (χ4v) is 3.79. The molecule has 0 radical (unpaired) electrons. The number of benzene rings is 1. The minimum Gasteiger partial charge on any atom is -0.476 e. The number of amides is 1. The topological polar surface area (TPSA) is 67.3 Å². The summed E-state index contributed by atoms with van der Waals surface area (Å²) in [7, 11) is 0. The van der Waals surface area contributed by atoms with Crippen molar-refractivity contribution in [2.45, 2.75) is 31.1 Å². The van der Waals surface area contributed by atoms with Crippen LogP contribution in [-0.2, 0) is 4.79 Å². The molecule has 1 aliphatic heterocycles. The third kappa shape index (κ3) is 6.43. The molecule has 0 aliphatic carbocycles. The standard InChI is InChI=1S/C20H26N4O2S/c1-16-22-18(24-11-5-6-12-24)15-20(23-16)26-13-10-21-19(25)9-14-27-17-7-3-2-4-8-17/h2-4,7-8,15H,5-6,9-14H2,1H3,(H,21,25). The number of anilines is 1. The van der Waals surface area contributed by atoms with Gasteiger partial charge in [-0.15, -0.1) is 11.8 Å². The molecule has 2 aromatic rings. The Morgan fingerprint density at radius 2 is 2.00 bits per heavy atom. The van der Waals surface area contributed by atoms with Crippen molar-refractivity contribution in [2.24, 2.45) is 0 Å². The predicted molar refractivity (Wildman–Crippen MR) is 109 cm³/mol. The van der Waals surface area contributed by atoms with Gasteiger partial charge in [0.2, 0.25) is 11.8 Å². The van der Waals surface area contributed by atoms with E-state index in [0.717, 1.165) is 24.7 Å². The van der Waals surface area contributed by atoms with Crippen LogP contribution in [-0.4, -0.2) is 47.9 Å². The van der Waals surface area contributed by atoms with Crippen LogP contribution in [0.3, 0.4) is 0 Å². The van der Waals surface area contributed by atoms with Crippen LogP contribution in [0, 0.1) is 6.92 Å². The molecule has 0 unspecified atom stereocenters. The van der Waals surface area contributed by atoms with E-state index in [9.17, 15) is 4.79 Å². The number of ether oxygens (including phenoxy) is 1. The maximum Gasteiger partial charge on any atom is 0.220 e. The van der Waals surface area contributed by atoms with E-state index in [1.165, 1.54) is 17.7 Å². The second-order valence-electron chi connectivity index (χ2n) is 6.42. The number of thioether (sulfide) groups is 1. The zero-order chi connectivity index (χ0) is 18.9. The highest BCUT2D eigenvalue weighted by molar-refractivity contribution is 7.99. The molecule has 1 aromatic heterocycles. The van der Waals surface area contributed by atoms with E-state index < -0.39 is 0 Å². The minimum absolute atomic E-state index is 0.0404. The SMILES string of the molecule is Cc1nc(OCCNC(=O)CCSc2ccccc2)cc(N2CCCC2)n1. The van der Waals surface area contributed by atoms with Crippen LogP contribution in [0.25, 0.3) is 0 Å². The maximum atomic E-state index is 11.9. The largest absolute Gasteiger partial charge is 0.476 e. The Kier molecular flexibility index (Phi) is 7.33. The summed E-state index contributed by atoms with van der Waals surface area (Å²) in [5.41, 5.74) is 0. The average molecular weight is 387 g/mol. The Labute approximate surface area is 164 Å². The molecule has 1 N–H and O–H groups in total. The van der Waals surface area contributed by atoms with Crippen LogP contribution in [0.2, 0.25) is 0 Å². The first-order chi connectivity index (χ1) is 13.2. The molecule has 1 amide bonds. The summed E-state index contributed by atoms with van der Waals surface area (Å²) in [6.07, 6.45) is 2.90. The first-order valence-corrected chi connectivity index (χ1v) is 10.4. The predicted octanol–water partition coefficient (Wildman–Crippen LogP) is 3.06. The van der Waals surface area contributed by atoms with Gasteiger partial charge in [-0.2, -0.15) is 4.98 Å². The van der Waals surface area contributed by atoms with Crippen LogP contribution in [0.1, 0.15) is 25.1 Å². The van der Waals surface area contributed by atoms with E-state index in [1.807, 2.05) is 31.2 Å². The summed E-state index contributed by atoms with van der Waals surface area (Å²) in [4.78, 5) is 24.2. The van der Waals surface area contributed by atoms with E-state index in [0.29, 0.717) is 31.3 Å². The highest BCUT2D eigenvalue weighted by atomic mass is 32.2. The molecule has 0 atom stereocenters. The van der Waals surface area contributed by atoms with Crippen molar-refractivity contribution in [3.8, 4) is 5.88 Å². The Morgan fingerprint density at radius 1 is 1.22 bits per heavy atom. The van der Waals surface area contributed by atoms with Crippen LogP contribution in [0.15, 0.2) is 41.3 Å². The average Bonchev–Trinajstić information content (AvgIpc) is 3.21. The lowest BCUT2D eigenvalue weighted by Gasteiger charge is -2.17. The molecule has 27 heavy (non-hydrogen) atoms. The maximum absolute atomic E-state index is 11.9. The van der Waals surface area contributed by atoms with Crippen molar-refractivity contribution in [1.29, 1.82) is 0 Å². The Bertz CT molecular complexity index is 736. The number of nitrogens with one attached hydrogen (secondary N) is 1. The molecule has 1 saturated heterocycles. The summed E-state index contributed by atoms with van der Waals surface area (Å²) in [6, 6.07) is 12.0. The normalized spacial score (nSPS) is 13.6. The first-order valence-electron chi connectivity index (χ1n) is 9.39. The molecule has 144 valence electrons. The van der Waals surface area contributed by atoms with Crippen LogP contribution < -0.4 is 15.0 Å². The van der Waals surface area contributed by atoms with Gasteiger partial charge in [0.1, 0.15) is 18.2 Å². The van der Waals surface area contributed by atoms with Crippen molar-refractivity contribution in [3.05, 3.63) is 42.2 Å². The van der Waals surface area contributed by atoms with Gasteiger partial charge >= 0.3 is 0 Å². The third-order valence-corrected chi connectivity index (χ3v) is 5.26. The molecule has 6 nitrogen and oxygen atoms in total. The third-order valence-electron chi connectivity index (χ3n) is 4.25. The monoisotopic (exact) mass is 386 g/mol. The lowest BCUT2D eigenvalue weighted by atomic mass is 10.4. The summed E-state index contributed by atoms with van der Waals surface area (Å²) >= 11 is 1.69. The fourth-order valence-electron chi connectivity index (χ4n) is 2.92. The zero-order valence-electron chi connectivity index (χ0n) is 15.7. The highest BCUT2D eigenvalue weighted by Gasteiger charge is 2.15. The van der Waals surface area contributed by atoms with Gasteiger partial charge in [-0.25, -0.2) is 4.98 Å². The fraction of sp³-hybridized carbons (Fsp3) is 0.450. The van der Waals surface area contributed by atoms with Gasteiger partial charge < -0.3 is 15.0 Å². The molecule has 1 aromatic carbocycles. The number of aryl methyl sites for hydroxylation is 1. The molecule has 1 aliphatic rings. The van der Waals surface area contributed by atoms with Gasteiger partial charge in [-0.3, -0.25) is 4.79 Å². The van der Waals surface area contributed by atoms with E-state index >= 15 is 0 Å². The van der Waals surface area contributed by atoms with Crippen molar-refractivity contribution in [2.75, 3.05) is 36.9 Å². The van der Waals surface area contributed by atoms with Crippen LogP contribution in [0.5, 0.6) is 5.88 Å².